The van der Waals surface area contributed by atoms with Gasteiger partial charge in [-0.05, 0) is 30.7 Å². The van der Waals surface area contributed by atoms with Crippen molar-refractivity contribution in [1.29, 1.82) is 0 Å². The normalized spacial score (nSPS) is 23.3. The number of carbonyl (C=O) groups excluding carboxylic acids is 1. The van der Waals surface area contributed by atoms with Gasteiger partial charge in [-0.1, -0.05) is 19.9 Å². The maximum absolute atomic E-state index is 12.7. The van der Waals surface area contributed by atoms with Crippen LogP contribution in [0.2, 0.25) is 0 Å². The molecule has 3 unspecified atom stereocenters. The van der Waals surface area contributed by atoms with E-state index in [1.54, 1.807) is 14.0 Å². The highest BCUT2D eigenvalue weighted by molar-refractivity contribution is 5.94. The van der Waals surface area contributed by atoms with Crippen molar-refractivity contribution < 1.29 is 14.3 Å². The summed E-state index contributed by atoms with van der Waals surface area (Å²) in [6.45, 7) is 9.24. The molecule has 0 aliphatic carbocycles. The molecule has 1 fully saturated rings. The van der Waals surface area contributed by atoms with Gasteiger partial charge in [0.2, 0.25) is 11.8 Å². The maximum Gasteiger partial charge on any atom is 0.224 e. The number of aromatic nitrogens is 1. The van der Waals surface area contributed by atoms with Gasteiger partial charge in [0.25, 0.3) is 0 Å². The predicted octanol–water partition coefficient (Wildman–Crippen LogP) is 3.86. The first-order valence-electron chi connectivity index (χ1n) is 11.1. The maximum atomic E-state index is 12.7. The first-order valence-corrected chi connectivity index (χ1v) is 11.1. The number of anilines is 3. The molecular weight excluding hydrogens is 392 g/mol. The van der Waals surface area contributed by atoms with Crippen LogP contribution in [0.4, 0.5) is 17.2 Å². The lowest BCUT2D eigenvalue weighted by Crippen LogP contribution is -2.49. The SMILES string of the molecule is CCC1C(C)C(Nc2cccc(OC)n2)c2cc(N3CCOCC3)ccc2N1C(C)=O. The molecule has 0 radical (unpaired) electrons. The molecule has 1 saturated heterocycles. The Bertz CT molecular complexity index is 929. The van der Waals surface area contributed by atoms with Gasteiger partial charge >= 0.3 is 0 Å². The topological polar surface area (TPSA) is 66.9 Å². The van der Waals surface area contributed by atoms with Crippen LogP contribution in [-0.4, -0.2) is 50.3 Å². The molecule has 3 heterocycles. The van der Waals surface area contributed by atoms with E-state index in [2.05, 4.69) is 47.2 Å². The Labute approximate surface area is 184 Å². The summed E-state index contributed by atoms with van der Waals surface area (Å²) in [7, 11) is 1.62. The summed E-state index contributed by atoms with van der Waals surface area (Å²) < 4.78 is 10.8. The van der Waals surface area contributed by atoms with Crippen LogP contribution in [0.3, 0.4) is 0 Å². The van der Waals surface area contributed by atoms with Crippen LogP contribution in [0.15, 0.2) is 36.4 Å². The van der Waals surface area contributed by atoms with E-state index >= 15 is 0 Å². The van der Waals surface area contributed by atoms with Crippen molar-refractivity contribution in [2.75, 3.05) is 48.5 Å². The van der Waals surface area contributed by atoms with E-state index in [0.717, 1.165) is 55.5 Å². The lowest BCUT2D eigenvalue weighted by Gasteiger charge is -2.45. The van der Waals surface area contributed by atoms with Crippen LogP contribution >= 0.6 is 0 Å². The van der Waals surface area contributed by atoms with Crippen LogP contribution in [-0.2, 0) is 9.53 Å². The molecular formula is C24H32N4O3. The summed E-state index contributed by atoms with van der Waals surface area (Å²) in [6, 6.07) is 12.3. The second kappa shape index (κ2) is 9.14. The number of ether oxygens (including phenoxy) is 2. The third-order valence-corrected chi connectivity index (χ3v) is 6.44. The molecule has 1 aromatic carbocycles. The van der Waals surface area contributed by atoms with Gasteiger partial charge in [0.1, 0.15) is 5.82 Å². The second-order valence-corrected chi connectivity index (χ2v) is 8.25. The Kier molecular flexibility index (Phi) is 6.32. The summed E-state index contributed by atoms with van der Waals surface area (Å²) in [4.78, 5) is 21.5. The van der Waals surface area contributed by atoms with E-state index in [1.165, 1.54) is 0 Å². The van der Waals surface area contributed by atoms with Crippen molar-refractivity contribution in [3.05, 3.63) is 42.0 Å². The summed E-state index contributed by atoms with van der Waals surface area (Å²) in [5, 5.41) is 3.64. The first kappa shape index (κ1) is 21.4. The minimum atomic E-state index is 0.0242. The van der Waals surface area contributed by atoms with Crippen molar-refractivity contribution in [1.82, 2.24) is 4.98 Å². The van der Waals surface area contributed by atoms with Crippen molar-refractivity contribution >= 4 is 23.1 Å². The molecule has 31 heavy (non-hydrogen) atoms. The lowest BCUT2D eigenvalue weighted by molar-refractivity contribution is -0.117. The second-order valence-electron chi connectivity index (χ2n) is 8.25. The van der Waals surface area contributed by atoms with Gasteiger partial charge in [-0.3, -0.25) is 4.79 Å². The number of rotatable bonds is 5. The number of methoxy groups -OCH3 is 1. The molecule has 2 aliphatic rings. The number of fused-ring (bicyclic) bond motifs is 1. The average Bonchev–Trinajstić information content (AvgIpc) is 2.80. The molecule has 166 valence electrons. The first-order chi connectivity index (χ1) is 15.0. The number of amides is 1. The molecule has 1 N–H and O–H groups in total. The predicted molar refractivity (Wildman–Crippen MR) is 123 cm³/mol. The minimum Gasteiger partial charge on any atom is -0.481 e. The van der Waals surface area contributed by atoms with E-state index in [1.807, 2.05) is 23.1 Å². The molecule has 0 bridgehead atoms. The molecule has 1 aromatic heterocycles. The highest BCUT2D eigenvalue weighted by Gasteiger charge is 2.40. The van der Waals surface area contributed by atoms with E-state index in [-0.39, 0.29) is 23.9 Å². The van der Waals surface area contributed by atoms with Gasteiger partial charge in [-0.2, -0.15) is 4.98 Å². The number of hydrogen-bond acceptors (Lipinski definition) is 6. The van der Waals surface area contributed by atoms with E-state index in [9.17, 15) is 4.79 Å². The molecule has 7 nitrogen and oxygen atoms in total. The molecule has 0 spiro atoms. The Morgan fingerprint density at radius 2 is 2.03 bits per heavy atom. The fourth-order valence-corrected chi connectivity index (χ4v) is 4.88. The Balaban J connectivity index is 1.77. The molecule has 3 atom stereocenters. The highest BCUT2D eigenvalue weighted by Crippen LogP contribution is 2.45. The molecule has 2 aliphatic heterocycles. The van der Waals surface area contributed by atoms with Gasteiger partial charge in [0.15, 0.2) is 0 Å². The summed E-state index contributed by atoms with van der Waals surface area (Å²) >= 11 is 0. The van der Waals surface area contributed by atoms with E-state index in [0.29, 0.717) is 5.88 Å². The number of nitrogens with one attached hydrogen (secondary N) is 1. The molecule has 0 saturated carbocycles. The summed E-state index contributed by atoms with van der Waals surface area (Å²) in [5.74, 6) is 1.63. The number of morpholine rings is 1. The Hall–Kier alpha value is -2.80. The van der Waals surface area contributed by atoms with Crippen LogP contribution in [0.1, 0.15) is 38.8 Å². The van der Waals surface area contributed by atoms with Crippen LogP contribution in [0.5, 0.6) is 5.88 Å². The molecule has 4 rings (SSSR count). The highest BCUT2D eigenvalue weighted by atomic mass is 16.5. The standard InChI is InChI=1S/C24H32N4O3/c1-5-20-16(2)24(26-22-7-6-8-23(25-22)30-4)19-15-18(27-11-13-31-14-12-27)9-10-21(19)28(20)17(3)29/h6-10,15-16,20,24H,5,11-14H2,1-4H3,(H,25,26). The fourth-order valence-electron chi connectivity index (χ4n) is 4.88. The van der Waals surface area contributed by atoms with Gasteiger partial charge in [0, 0.05) is 55.0 Å². The number of nitrogens with zero attached hydrogens (tertiary/aromatic N) is 3. The van der Waals surface area contributed by atoms with Gasteiger partial charge < -0.3 is 24.6 Å². The van der Waals surface area contributed by atoms with Crippen LogP contribution in [0.25, 0.3) is 0 Å². The minimum absolute atomic E-state index is 0.0242. The fraction of sp³-hybridized carbons (Fsp3) is 0.500. The number of benzene rings is 1. The lowest BCUT2D eigenvalue weighted by atomic mass is 9.80. The van der Waals surface area contributed by atoms with E-state index in [4.69, 9.17) is 9.47 Å². The molecule has 2 aromatic rings. The zero-order valence-corrected chi connectivity index (χ0v) is 18.8. The van der Waals surface area contributed by atoms with Crippen molar-refractivity contribution in [2.45, 2.75) is 39.3 Å². The zero-order valence-electron chi connectivity index (χ0n) is 18.8. The number of carbonyl (C=O) groups is 1. The van der Waals surface area contributed by atoms with Crippen LogP contribution < -0.4 is 19.9 Å². The Morgan fingerprint density at radius 3 is 2.71 bits per heavy atom. The van der Waals surface area contributed by atoms with Crippen molar-refractivity contribution in [3.8, 4) is 5.88 Å². The van der Waals surface area contributed by atoms with Crippen molar-refractivity contribution in [2.24, 2.45) is 5.92 Å². The van der Waals surface area contributed by atoms with Crippen LogP contribution in [0, 0.1) is 5.92 Å². The zero-order chi connectivity index (χ0) is 22.0. The smallest absolute Gasteiger partial charge is 0.224 e. The largest absolute Gasteiger partial charge is 0.481 e. The van der Waals surface area contributed by atoms with Gasteiger partial charge in [-0.15, -0.1) is 0 Å². The number of hydrogen-bond donors (Lipinski definition) is 1. The van der Waals surface area contributed by atoms with Gasteiger partial charge in [-0.25, -0.2) is 0 Å². The van der Waals surface area contributed by atoms with E-state index < -0.39 is 0 Å². The summed E-state index contributed by atoms with van der Waals surface area (Å²) in [6.07, 6.45) is 0.884. The molecule has 1 amide bonds. The molecule has 7 heteroatoms. The number of pyridine rings is 1. The third-order valence-electron chi connectivity index (χ3n) is 6.44. The quantitative estimate of drug-likeness (QED) is 0.786. The summed E-state index contributed by atoms with van der Waals surface area (Å²) in [5.41, 5.74) is 3.27. The average molecular weight is 425 g/mol. The third kappa shape index (κ3) is 4.19. The van der Waals surface area contributed by atoms with Gasteiger partial charge in [0.05, 0.1) is 26.4 Å². The Morgan fingerprint density at radius 1 is 1.26 bits per heavy atom. The monoisotopic (exact) mass is 424 g/mol. The van der Waals surface area contributed by atoms with Crippen molar-refractivity contribution in [3.63, 3.8) is 0 Å².